The lowest BCUT2D eigenvalue weighted by Gasteiger charge is -2.06. The van der Waals surface area contributed by atoms with Crippen LogP contribution in [-0.4, -0.2) is 22.3 Å². The number of benzene rings is 1. The van der Waals surface area contributed by atoms with Gasteiger partial charge >= 0.3 is 0 Å². The molecule has 0 fully saturated rings. The molecule has 5 heteroatoms. The van der Waals surface area contributed by atoms with Crippen LogP contribution in [0.3, 0.4) is 0 Å². The van der Waals surface area contributed by atoms with E-state index in [0.29, 0.717) is 16.6 Å². The summed E-state index contributed by atoms with van der Waals surface area (Å²) in [4.78, 5) is 3.03. The van der Waals surface area contributed by atoms with Crippen LogP contribution in [0.15, 0.2) is 18.2 Å². The zero-order chi connectivity index (χ0) is 10.8. The van der Waals surface area contributed by atoms with E-state index in [1.807, 2.05) is 19.1 Å². The topological polar surface area (TPSA) is 50.8 Å². The van der Waals surface area contributed by atoms with Gasteiger partial charge in [0.25, 0.3) is 0 Å². The molecule has 0 atom stereocenters. The summed E-state index contributed by atoms with van der Waals surface area (Å²) in [7, 11) is 1.58. The number of H-pyrrole nitrogens is 1. The van der Waals surface area contributed by atoms with E-state index in [9.17, 15) is 0 Å². The Labute approximate surface area is 92.3 Å². The minimum atomic E-state index is 0.559. The van der Waals surface area contributed by atoms with E-state index in [4.69, 9.17) is 16.3 Å². The van der Waals surface area contributed by atoms with Crippen molar-refractivity contribution in [3.8, 4) is 17.1 Å². The van der Waals surface area contributed by atoms with Crippen molar-refractivity contribution in [1.82, 2.24) is 15.2 Å². The van der Waals surface area contributed by atoms with Crippen molar-refractivity contribution in [3.05, 3.63) is 29.0 Å². The third-order valence-electron chi connectivity index (χ3n) is 2.03. The summed E-state index contributed by atoms with van der Waals surface area (Å²) in [6.07, 6.45) is 0. The maximum atomic E-state index is 6.00. The smallest absolute Gasteiger partial charge is 0.165 e. The lowest BCUT2D eigenvalue weighted by atomic mass is 10.2. The number of ether oxygens (including phenoxy) is 1. The summed E-state index contributed by atoms with van der Waals surface area (Å²) in [5.41, 5.74) is 0.811. The standard InChI is InChI=1S/C10H10ClN3O/c1-6-12-10(14-13-6)7-4-3-5-8(11)9(7)15-2/h3-5H,1-2H3,(H,12,13,14). The van der Waals surface area contributed by atoms with Gasteiger partial charge in [0.05, 0.1) is 17.7 Å². The minimum Gasteiger partial charge on any atom is -0.494 e. The van der Waals surface area contributed by atoms with Crippen LogP contribution in [0, 0.1) is 6.92 Å². The monoisotopic (exact) mass is 223 g/mol. The number of nitrogens with one attached hydrogen (secondary N) is 1. The van der Waals surface area contributed by atoms with Crippen molar-refractivity contribution in [1.29, 1.82) is 0 Å². The Kier molecular flexibility index (Phi) is 2.60. The Bertz CT molecular complexity index is 481. The van der Waals surface area contributed by atoms with E-state index in [1.54, 1.807) is 13.2 Å². The average Bonchev–Trinajstić information content (AvgIpc) is 2.64. The van der Waals surface area contributed by atoms with Gasteiger partial charge in [0.1, 0.15) is 11.6 Å². The fourth-order valence-corrected chi connectivity index (χ4v) is 1.62. The van der Waals surface area contributed by atoms with Crippen LogP contribution < -0.4 is 4.74 Å². The van der Waals surface area contributed by atoms with Gasteiger partial charge in [0.15, 0.2) is 5.82 Å². The van der Waals surface area contributed by atoms with E-state index in [-0.39, 0.29) is 0 Å². The number of aryl methyl sites for hydroxylation is 1. The van der Waals surface area contributed by atoms with Gasteiger partial charge in [-0.15, -0.1) is 10.2 Å². The highest BCUT2D eigenvalue weighted by Gasteiger charge is 2.12. The van der Waals surface area contributed by atoms with Crippen molar-refractivity contribution in [3.63, 3.8) is 0 Å². The zero-order valence-corrected chi connectivity index (χ0v) is 9.17. The summed E-state index contributed by atoms with van der Waals surface area (Å²) in [5, 5.41) is 8.44. The predicted octanol–water partition coefficient (Wildman–Crippen LogP) is 2.44. The summed E-state index contributed by atoms with van der Waals surface area (Å²) in [5.74, 6) is 2.02. The molecule has 1 aromatic carbocycles. The molecule has 2 aromatic rings. The quantitative estimate of drug-likeness (QED) is 0.851. The molecule has 2 rings (SSSR count). The van der Waals surface area contributed by atoms with Crippen molar-refractivity contribution in [2.45, 2.75) is 6.92 Å². The molecule has 0 spiro atoms. The van der Waals surface area contributed by atoms with Crippen LogP contribution in [0.5, 0.6) is 5.75 Å². The lowest BCUT2D eigenvalue weighted by Crippen LogP contribution is -1.90. The van der Waals surface area contributed by atoms with Crippen molar-refractivity contribution >= 4 is 11.6 Å². The molecule has 1 aromatic heterocycles. The second-order valence-corrected chi connectivity index (χ2v) is 3.49. The van der Waals surface area contributed by atoms with E-state index in [0.717, 1.165) is 11.4 Å². The first-order chi connectivity index (χ1) is 7.22. The average molecular weight is 224 g/mol. The highest BCUT2D eigenvalue weighted by Crippen LogP contribution is 2.33. The van der Waals surface area contributed by atoms with Crippen LogP contribution in [0.4, 0.5) is 0 Å². The van der Waals surface area contributed by atoms with Gasteiger partial charge in [0, 0.05) is 0 Å². The van der Waals surface area contributed by atoms with Gasteiger partial charge in [-0.25, -0.2) is 0 Å². The minimum absolute atomic E-state index is 0.559. The normalized spacial score (nSPS) is 10.3. The number of aromatic amines is 1. The third kappa shape index (κ3) is 1.80. The molecule has 0 radical (unpaired) electrons. The zero-order valence-electron chi connectivity index (χ0n) is 8.41. The van der Waals surface area contributed by atoms with E-state index in [2.05, 4.69) is 15.2 Å². The van der Waals surface area contributed by atoms with Gasteiger partial charge in [-0.2, -0.15) is 0 Å². The Balaban J connectivity index is 2.57. The van der Waals surface area contributed by atoms with Gasteiger partial charge in [0.2, 0.25) is 0 Å². The highest BCUT2D eigenvalue weighted by molar-refractivity contribution is 6.32. The molecule has 1 heterocycles. The lowest BCUT2D eigenvalue weighted by molar-refractivity contribution is 0.416. The van der Waals surface area contributed by atoms with Crippen molar-refractivity contribution in [2.75, 3.05) is 7.11 Å². The Hall–Kier alpha value is -1.55. The number of halogens is 1. The van der Waals surface area contributed by atoms with Gasteiger partial charge in [-0.1, -0.05) is 17.7 Å². The largest absolute Gasteiger partial charge is 0.494 e. The first-order valence-electron chi connectivity index (χ1n) is 4.44. The Morgan fingerprint density at radius 1 is 1.33 bits per heavy atom. The number of hydrogen-bond donors (Lipinski definition) is 1. The first-order valence-corrected chi connectivity index (χ1v) is 4.82. The molecular weight excluding hydrogens is 214 g/mol. The second kappa shape index (κ2) is 3.90. The van der Waals surface area contributed by atoms with Crippen LogP contribution in [-0.2, 0) is 0 Å². The molecule has 15 heavy (non-hydrogen) atoms. The Morgan fingerprint density at radius 2 is 2.13 bits per heavy atom. The fraction of sp³-hybridized carbons (Fsp3) is 0.200. The van der Waals surface area contributed by atoms with E-state index < -0.39 is 0 Å². The van der Waals surface area contributed by atoms with Gasteiger partial charge < -0.3 is 9.72 Å². The number of rotatable bonds is 2. The van der Waals surface area contributed by atoms with Crippen LogP contribution in [0.2, 0.25) is 5.02 Å². The molecule has 78 valence electrons. The molecular formula is C10H10ClN3O. The maximum Gasteiger partial charge on any atom is 0.165 e. The summed E-state index contributed by atoms with van der Waals surface area (Å²) in [6.45, 7) is 1.84. The molecule has 0 amide bonds. The molecule has 0 aliphatic carbocycles. The molecule has 0 saturated heterocycles. The van der Waals surface area contributed by atoms with Crippen molar-refractivity contribution < 1.29 is 4.74 Å². The second-order valence-electron chi connectivity index (χ2n) is 3.08. The SMILES string of the molecule is COc1c(Cl)cccc1-c1nnc(C)[nH]1. The molecule has 0 unspecified atom stereocenters. The third-order valence-corrected chi connectivity index (χ3v) is 2.32. The van der Waals surface area contributed by atoms with Gasteiger partial charge in [-0.3, -0.25) is 0 Å². The molecule has 0 bridgehead atoms. The number of para-hydroxylation sites is 1. The number of nitrogens with zero attached hydrogens (tertiary/aromatic N) is 2. The van der Waals surface area contributed by atoms with Gasteiger partial charge in [-0.05, 0) is 19.1 Å². The fourth-order valence-electron chi connectivity index (χ4n) is 1.37. The summed E-state index contributed by atoms with van der Waals surface area (Å²) >= 11 is 6.00. The van der Waals surface area contributed by atoms with Crippen LogP contribution >= 0.6 is 11.6 Å². The first kappa shape index (κ1) is 9.98. The molecule has 0 aliphatic heterocycles. The van der Waals surface area contributed by atoms with Crippen LogP contribution in [0.25, 0.3) is 11.4 Å². The van der Waals surface area contributed by atoms with E-state index >= 15 is 0 Å². The number of hydrogen-bond acceptors (Lipinski definition) is 3. The van der Waals surface area contributed by atoms with Crippen molar-refractivity contribution in [2.24, 2.45) is 0 Å². The molecule has 0 saturated carbocycles. The summed E-state index contributed by atoms with van der Waals surface area (Å²) < 4.78 is 5.22. The molecule has 4 nitrogen and oxygen atoms in total. The molecule has 1 N–H and O–H groups in total. The predicted molar refractivity (Wildman–Crippen MR) is 58.1 cm³/mol. The number of methoxy groups -OCH3 is 1. The van der Waals surface area contributed by atoms with Crippen LogP contribution in [0.1, 0.15) is 5.82 Å². The Morgan fingerprint density at radius 3 is 2.73 bits per heavy atom. The van der Waals surface area contributed by atoms with E-state index in [1.165, 1.54) is 0 Å². The summed E-state index contributed by atoms with van der Waals surface area (Å²) in [6, 6.07) is 5.50. The maximum absolute atomic E-state index is 6.00. The number of aromatic nitrogens is 3. The highest BCUT2D eigenvalue weighted by atomic mass is 35.5. The molecule has 0 aliphatic rings.